The number of piperazine rings is 1. The summed E-state index contributed by atoms with van der Waals surface area (Å²) in [5.74, 6) is -0.311. The molecular formula is C11H16N4O2. The molecule has 0 unspecified atom stereocenters. The Morgan fingerprint density at radius 1 is 1.35 bits per heavy atom. The molecule has 1 aliphatic rings. The SMILES string of the molecule is CCN1CCN(c2cc(C(=O)O)ncn2)CC1. The van der Waals surface area contributed by atoms with Crippen molar-refractivity contribution >= 4 is 11.8 Å². The van der Waals surface area contributed by atoms with Crippen molar-refractivity contribution in [2.45, 2.75) is 6.92 Å². The second-order valence-corrected chi connectivity index (χ2v) is 3.99. The van der Waals surface area contributed by atoms with Gasteiger partial charge in [-0.2, -0.15) is 0 Å². The topological polar surface area (TPSA) is 69.6 Å². The van der Waals surface area contributed by atoms with Crippen molar-refractivity contribution in [3.8, 4) is 0 Å². The fourth-order valence-electron chi connectivity index (χ4n) is 1.93. The molecule has 0 radical (unpaired) electrons. The molecule has 1 fully saturated rings. The van der Waals surface area contributed by atoms with Gasteiger partial charge in [0.2, 0.25) is 0 Å². The van der Waals surface area contributed by atoms with E-state index in [2.05, 4.69) is 26.7 Å². The molecule has 1 aromatic heterocycles. The first-order chi connectivity index (χ1) is 8.20. The second-order valence-electron chi connectivity index (χ2n) is 3.99. The van der Waals surface area contributed by atoms with Crippen molar-refractivity contribution < 1.29 is 9.90 Å². The van der Waals surface area contributed by atoms with Crippen LogP contribution in [0.25, 0.3) is 0 Å². The van der Waals surface area contributed by atoms with Crippen LogP contribution in [0.15, 0.2) is 12.4 Å². The number of hydrogen-bond acceptors (Lipinski definition) is 5. The highest BCUT2D eigenvalue weighted by molar-refractivity contribution is 5.86. The van der Waals surface area contributed by atoms with E-state index in [-0.39, 0.29) is 5.69 Å². The van der Waals surface area contributed by atoms with Crippen LogP contribution in [0.4, 0.5) is 5.82 Å². The number of carboxylic acid groups (broad SMARTS) is 1. The van der Waals surface area contributed by atoms with Gasteiger partial charge in [-0.05, 0) is 6.54 Å². The lowest BCUT2D eigenvalue weighted by molar-refractivity contribution is 0.0690. The molecule has 1 N–H and O–H groups in total. The van der Waals surface area contributed by atoms with Crippen LogP contribution in [0, 0.1) is 0 Å². The van der Waals surface area contributed by atoms with Crippen LogP contribution in [0.5, 0.6) is 0 Å². The van der Waals surface area contributed by atoms with Gasteiger partial charge in [-0.3, -0.25) is 0 Å². The molecule has 1 aromatic rings. The van der Waals surface area contributed by atoms with Gasteiger partial charge < -0.3 is 14.9 Å². The average Bonchev–Trinajstić information content (AvgIpc) is 2.39. The van der Waals surface area contributed by atoms with Crippen molar-refractivity contribution in [2.75, 3.05) is 37.6 Å². The number of nitrogens with zero attached hydrogens (tertiary/aromatic N) is 4. The van der Waals surface area contributed by atoms with E-state index < -0.39 is 5.97 Å². The number of anilines is 1. The normalized spacial score (nSPS) is 17.1. The number of rotatable bonds is 3. The van der Waals surface area contributed by atoms with Crippen molar-refractivity contribution in [3.05, 3.63) is 18.1 Å². The monoisotopic (exact) mass is 236 g/mol. The largest absolute Gasteiger partial charge is 0.477 e. The van der Waals surface area contributed by atoms with E-state index in [0.29, 0.717) is 5.82 Å². The van der Waals surface area contributed by atoms with Crippen LogP contribution in [0.2, 0.25) is 0 Å². The maximum atomic E-state index is 10.8. The molecule has 0 amide bonds. The van der Waals surface area contributed by atoms with Crippen LogP contribution in [0.3, 0.4) is 0 Å². The van der Waals surface area contributed by atoms with Gasteiger partial charge in [-0.15, -0.1) is 0 Å². The molecule has 92 valence electrons. The first kappa shape index (κ1) is 11.8. The zero-order valence-corrected chi connectivity index (χ0v) is 9.83. The van der Waals surface area contributed by atoms with E-state index in [1.807, 2.05) is 0 Å². The summed E-state index contributed by atoms with van der Waals surface area (Å²) in [7, 11) is 0. The summed E-state index contributed by atoms with van der Waals surface area (Å²) in [6.45, 7) is 6.93. The van der Waals surface area contributed by atoms with Crippen LogP contribution in [-0.2, 0) is 0 Å². The van der Waals surface area contributed by atoms with Gasteiger partial charge in [-0.25, -0.2) is 14.8 Å². The number of likely N-dealkylation sites (N-methyl/N-ethyl adjacent to an activating group) is 1. The van der Waals surface area contributed by atoms with Gasteiger partial charge in [0.25, 0.3) is 0 Å². The highest BCUT2D eigenvalue weighted by atomic mass is 16.4. The van der Waals surface area contributed by atoms with E-state index in [9.17, 15) is 4.79 Å². The van der Waals surface area contributed by atoms with Crippen LogP contribution in [-0.4, -0.2) is 58.7 Å². The highest BCUT2D eigenvalue weighted by Crippen LogP contribution is 2.13. The maximum Gasteiger partial charge on any atom is 0.354 e. The van der Waals surface area contributed by atoms with E-state index in [1.165, 1.54) is 12.4 Å². The van der Waals surface area contributed by atoms with Gasteiger partial charge in [0.05, 0.1) is 0 Å². The zero-order valence-electron chi connectivity index (χ0n) is 9.83. The van der Waals surface area contributed by atoms with Crippen LogP contribution in [0.1, 0.15) is 17.4 Å². The highest BCUT2D eigenvalue weighted by Gasteiger charge is 2.17. The molecule has 0 aromatic carbocycles. The third kappa shape index (κ3) is 2.71. The van der Waals surface area contributed by atoms with Gasteiger partial charge in [-0.1, -0.05) is 6.92 Å². The summed E-state index contributed by atoms with van der Waals surface area (Å²) in [5, 5.41) is 8.87. The summed E-state index contributed by atoms with van der Waals surface area (Å²) >= 11 is 0. The number of aromatic carboxylic acids is 1. The minimum Gasteiger partial charge on any atom is -0.477 e. The van der Waals surface area contributed by atoms with Crippen LogP contribution >= 0.6 is 0 Å². The fourth-order valence-corrected chi connectivity index (χ4v) is 1.93. The van der Waals surface area contributed by atoms with E-state index in [0.717, 1.165) is 32.7 Å². The Labute approximate surface area is 99.9 Å². The molecule has 0 bridgehead atoms. The Morgan fingerprint density at radius 2 is 2.06 bits per heavy atom. The van der Waals surface area contributed by atoms with Gasteiger partial charge >= 0.3 is 5.97 Å². The average molecular weight is 236 g/mol. The molecule has 0 aliphatic carbocycles. The Kier molecular flexibility index (Phi) is 3.53. The Morgan fingerprint density at radius 3 is 2.65 bits per heavy atom. The Hall–Kier alpha value is -1.69. The predicted molar refractivity (Wildman–Crippen MR) is 63.3 cm³/mol. The summed E-state index contributed by atoms with van der Waals surface area (Å²) in [6, 6.07) is 1.53. The lowest BCUT2D eigenvalue weighted by Crippen LogP contribution is -2.46. The standard InChI is InChI=1S/C11H16N4O2/c1-2-14-3-5-15(6-4-14)10-7-9(11(16)17)12-8-13-10/h7-8H,2-6H2,1H3,(H,16,17). The molecule has 1 aliphatic heterocycles. The third-order valence-electron chi connectivity index (χ3n) is 3.02. The van der Waals surface area contributed by atoms with Gasteiger partial charge in [0.1, 0.15) is 12.1 Å². The van der Waals surface area contributed by atoms with Crippen molar-refractivity contribution in [1.29, 1.82) is 0 Å². The van der Waals surface area contributed by atoms with E-state index in [4.69, 9.17) is 5.11 Å². The molecule has 0 spiro atoms. The molecule has 17 heavy (non-hydrogen) atoms. The number of aromatic nitrogens is 2. The Bertz CT molecular complexity index is 402. The van der Waals surface area contributed by atoms with E-state index in [1.54, 1.807) is 0 Å². The molecule has 1 saturated heterocycles. The molecule has 2 heterocycles. The minimum absolute atomic E-state index is 0.0490. The molecule has 0 saturated carbocycles. The summed E-state index contributed by atoms with van der Waals surface area (Å²) in [6.07, 6.45) is 1.31. The zero-order chi connectivity index (χ0) is 12.3. The van der Waals surface area contributed by atoms with Crippen LogP contribution < -0.4 is 4.90 Å². The minimum atomic E-state index is -1.01. The predicted octanol–water partition coefficient (Wildman–Crippen LogP) is 0.317. The molecule has 2 rings (SSSR count). The second kappa shape index (κ2) is 5.09. The quantitative estimate of drug-likeness (QED) is 0.815. The molecular weight excluding hydrogens is 220 g/mol. The number of hydrogen-bond donors (Lipinski definition) is 1. The van der Waals surface area contributed by atoms with Crippen molar-refractivity contribution in [2.24, 2.45) is 0 Å². The fraction of sp³-hybridized carbons (Fsp3) is 0.545. The summed E-state index contributed by atoms with van der Waals surface area (Å²) < 4.78 is 0. The van der Waals surface area contributed by atoms with Gasteiger partial charge in [0, 0.05) is 32.2 Å². The number of carboxylic acids is 1. The lowest BCUT2D eigenvalue weighted by atomic mass is 10.3. The first-order valence-electron chi connectivity index (χ1n) is 5.73. The maximum absolute atomic E-state index is 10.8. The first-order valence-corrected chi connectivity index (χ1v) is 5.73. The van der Waals surface area contributed by atoms with Crippen molar-refractivity contribution in [3.63, 3.8) is 0 Å². The molecule has 0 atom stereocenters. The summed E-state index contributed by atoms with van der Waals surface area (Å²) in [4.78, 5) is 23.1. The summed E-state index contributed by atoms with van der Waals surface area (Å²) in [5.41, 5.74) is 0.0490. The van der Waals surface area contributed by atoms with E-state index >= 15 is 0 Å². The lowest BCUT2D eigenvalue weighted by Gasteiger charge is -2.34. The number of carbonyl (C=O) groups is 1. The third-order valence-corrected chi connectivity index (χ3v) is 3.02. The molecule has 6 nitrogen and oxygen atoms in total. The Balaban J connectivity index is 2.08. The van der Waals surface area contributed by atoms with Crippen molar-refractivity contribution in [1.82, 2.24) is 14.9 Å². The smallest absolute Gasteiger partial charge is 0.354 e. The molecule has 6 heteroatoms. The van der Waals surface area contributed by atoms with Gasteiger partial charge in [0.15, 0.2) is 5.69 Å².